The van der Waals surface area contributed by atoms with Crippen molar-refractivity contribution in [1.29, 1.82) is 0 Å². The van der Waals surface area contributed by atoms with E-state index in [1.165, 1.54) is 5.56 Å². The first-order valence-electron chi connectivity index (χ1n) is 9.78. The molecule has 0 aliphatic heterocycles. The highest BCUT2D eigenvalue weighted by Crippen LogP contribution is 2.27. The van der Waals surface area contributed by atoms with Gasteiger partial charge in [0.1, 0.15) is 5.52 Å². The molecule has 0 bridgehead atoms. The van der Waals surface area contributed by atoms with Gasteiger partial charge in [-0.2, -0.15) is 0 Å². The molecule has 0 unspecified atom stereocenters. The predicted octanol–water partition coefficient (Wildman–Crippen LogP) is 6.40. The number of anilines is 1. The van der Waals surface area contributed by atoms with Crippen LogP contribution in [0, 0.1) is 0 Å². The Balaban J connectivity index is 1.47. The summed E-state index contributed by atoms with van der Waals surface area (Å²) < 4.78 is 5.89. The SMILES string of the molecule is CC(C)c1ccc(-c2nc3cc(NC(=S)NC(=O)c4ccc(Cl)cc4)ccc3o2)cc1. The number of nitrogens with zero attached hydrogens (tertiary/aromatic N) is 1. The number of nitrogens with one attached hydrogen (secondary N) is 2. The molecule has 1 heterocycles. The molecule has 0 aliphatic carbocycles. The molecule has 0 saturated heterocycles. The Morgan fingerprint density at radius 2 is 1.74 bits per heavy atom. The van der Waals surface area contributed by atoms with Gasteiger partial charge in [0, 0.05) is 21.8 Å². The Hall–Kier alpha value is -3.22. The number of aromatic nitrogens is 1. The van der Waals surface area contributed by atoms with Gasteiger partial charge in [-0.3, -0.25) is 10.1 Å². The number of oxazole rings is 1. The van der Waals surface area contributed by atoms with Crippen LogP contribution in [0.5, 0.6) is 0 Å². The van der Waals surface area contributed by atoms with Crippen LogP contribution >= 0.6 is 23.8 Å². The number of halogens is 1. The molecule has 3 aromatic carbocycles. The zero-order chi connectivity index (χ0) is 22.0. The topological polar surface area (TPSA) is 67.2 Å². The standard InChI is InChI=1S/C24H20ClN3O2S/c1-14(2)15-3-5-17(6-4-15)23-27-20-13-19(11-12-21(20)30-23)26-24(31)28-22(29)16-7-9-18(25)10-8-16/h3-14H,1-2H3,(H2,26,28,29,31). The van der Waals surface area contributed by atoms with Crippen LogP contribution < -0.4 is 10.6 Å². The van der Waals surface area contributed by atoms with Crippen LogP contribution in [0.3, 0.4) is 0 Å². The monoisotopic (exact) mass is 449 g/mol. The summed E-state index contributed by atoms with van der Waals surface area (Å²) in [6.45, 7) is 4.32. The molecule has 0 atom stereocenters. The Morgan fingerprint density at radius 3 is 2.42 bits per heavy atom. The number of thiocarbonyl (C=S) groups is 1. The Labute approximate surface area is 190 Å². The van der Waals surface area contributed by atoms with Gasteiger partial charge in [0.05, 0.1) is 0 Å². The molecular formula is C24H20ClN3O2S. The highest BCUT2D eigenvalue weighted by Gasteiger charge is 2.11. The van der Waals surface area contributed by atoms with E-state index in [0.29, 0.717) is 39.2 Å². The average Bonchev–Trinajstić information content (AvgIpc) is 3.17. The fraction of sp³-hybridized carbons (Fsp3) is 0.125. The lowest BCUT2D eigenvalue weighted by atomic mass is 10.0. The van der Waals surface area contributed by atoms with Crippen molar-refractivity contribution < 1.29 is 9.21 Å². The van der Waals surface area contributed by atoms with Gasteiger partial charge in [0.2, 0.25) is 5.89 Å². The summed E-state index contributed by atoms with van der Waals surface area (Å²) >= 11 is 11.1. The number of benzene rings is 3. The maximum absolute atomic E-state index is 12.3. The van der Waals surface area contributed by atoms with Gasteiger partial charge in [-0.05, 0) is 78.3 Å². The van der Waals surface area contributed by atoms with Gasteiger partial charge < -0.3 is 9.73 Å². The van der Waals surface area contributed by atoms with E-state index in [-0.39, 0.29) is 11.0 Å². The van der Waals surface area contributed by atoms with E-state index >= 15 is 0 Å². The lowest BCUT2D eigenvalue weighted by molar-refractivity contribution is 0.0977. The van der Waals surface area contributed by atoms with Crippen LogP contribution in [0.25, 0.3) is 22.6 Å². The smallest absolute Gasteiger partial charge is 0.257 e. The highest BCUT2D eigenvalue weighted by atomic mass is 35.5. The van der Waals surface area contributed by atoms with Crippen molar-refractivity contribution in [3.63, 3.8) is 0 Å². The molecule has 2 N–H and O–H groups in total. The highest BCUT2D eigenvalue weighted by molar-refractivity contribution is 7.80. The number of amides is 1. The van der Waals surface area contributed by atoms with Crippen LogP contribution in [0.2, 0.25) is 5.02 Å². The molecule has 5 nitrogen and oxygen atoms in total. The predicted molar refractivity (Wildman–Crippen MR) is 129 cm³/mol. The third-order valence-electron chi connectivity index (χ3n) is 4.80. The van der Waals surface area contributed by atoms with Crippen molar-refractivity contribution >= 4 is 51.6 Å². The summed E-state index contributed by atoms with van der Waals surface area (Å²) in [6.07, 6.45) is 0. The number of rotatable bonds is 4. The summed E-state index contributed by atoms with van der Waals surface area (Å²) in [7, 11) is 0. The fourth-order valence-electron chi connectivity index (χ4n) is 3.08. The number of hydrogen-bond acceptors (Lipinski definition) is 4. The van der Waals surface area contributed by atoms with Crippen molar-refractivity contribution in [1.82, 2.24) is 10.3 Å². The van der Waals surface area contributed by atoms with E-state index < -0.39 is 0 Å². The zero-order valence-corrected chi connectivity index (χ0v) is 18.6. The van der Waals surface area contributed by atoms with Crippen LogP contribution in [-0.2, 0) is 0 Å². The van der Waals surface area contributed by atoms with Crippen molar-refractivity contribution in [2.75, 3.05) is 5.32 Å². The largest absolute Gasteiger partial charge is 0.436 e. The first-order chi connectivity index (χ1) is 14.9. The van der Waals surface area contributed by atoms with Crippen LogP contribution in [0.1, 0.15) is 35.7 Å². The molecular weight excluding hydrogens is 430 g/mol. The minimum atomic E-state index is -0.316. The van der Waals surface area contributed by atoms with E-state index in [1.54, 1.807) is 24.3 Å². The van der Waals surface area contributed by atoms with E-state index in [0.717, 1.165) is 5.56 Å². The first-order valence-corrected chi connectivity index (χ1v) is 10.6. The molecule has 1 aromatic heterocycles. The summed E-state index contributed by atoms with van der Waals surface area (Å²) in [5.74, 6) is 0.709. The van der Waals surface area contributed by atoms with Gasteiger partial charge in [0.15, 0.2) is 10.7 Å². The van der Waals surface area contributed by atoms with Crippen molar-refractivity contribution in [3.05, 3.63) is 82.9 Å². The number of carbonyl (C=O) groups is 1. The van der Waals surface area contributed by atoms with Crippen LogP contribution in [0.15, 0.2) is 71.1 Å². The molecule has 0 fully saturated rings. The molecule has 0 saturated carbocycles. The van der Waals surface area contributed by atoms with Crippen molar-refractivity contribution in [3.8, 4) is 11.5 Å². The number of carbonyl (C=O) groups excluding carboxylic acids is 1. The second-order valence-electron chi connectivity index (χ2n) is 7.39. The van der Waals surface area contributed by atoms with Gasteiger partial charge in [0.25, 0.3) is 5.91 Å². The van der Waals surface area contributed by atoms with E-state index in [2.05, 4.69) is 41.6 Å². The summed E-state index contributed by atoms with van der Waals surface area (Å²) in [6, 6.07) is 20.2. The van der Waals surface area contributed by atoms with Gasteiger partial charge in [-0.25, -0.2) is 4.98 Å². The minimum absolute atomic E-state index is 0.187. The molecule has 4 rings (SSSR count). The second kappa shape index (κ2) is 8.88. The van der Waals surface area contributed by atoms with E-state index in [1.807, 2.05) is 30.3 Å². The third kappa shape index (κ3) is 4.93. The summed E-state index contributed by atoms with van der Waals surface area (Å²) in [5, 5.41) is 6.41. The molecule has 7 heteroatoms. The number of hydrogen-bond donors (Lipinski definition) is 2. The molecule has 1 amide bonds. The molecule has 156 valence electrons. The van der Waals surface area contributed by atoms with Gasteiger partial charge >= 0.3 is 0 Å². The molecule has 4 aromatic rings. The second-order valence-corrected chi connectivity index (χ2v) is 8.24. The van der Waals surface area contributed by atoms with E-state index in [4.69, 9.17) is 28.2 Å². The summed E-state index contributed by atoms with van der Waals surface area (Å²) in [5.41, 5.74) is 4.71. The van der Waals surface area contributed by atoms with Gasteiger partial charge in [-0.15, -0.1) is 0 Å². The van der Waals surface area contributed by atoms with Gasteiger partial charge in [-0.1, -0.05) is 37.6 Å². The lowest BCUT2D eigenvalue weighted by Gasteiger charge is -2.09. The number of fused-ring (bicyclic) bond motifs is 1. The van der Waals surface area contributed by atoms with Crippen LogP contribution in [-0.4, -0.2) is 16.0 Å². The summed E-state index contributed by atoms with van der Waals surface area (Å²) in [4.78, 5) is 16.9. The van der Waals surface area contributed by atoms with Crippen molar-refractivity contribution in [2.45, 2.75) is 19.8 Å². The zero-order valence-electron chi connectivity index (χ0n) is 17.0. The average molecular weight is 450 g/mol. The quantitative estimate of drug-likeness (QED) is 0.353. The molecule has 0 radical (unpaired) electrons. The van der Waals surface area contributed by atoms with Crippen molar-refractivity contribution in [2.24, 2.45) is 0 Å². The molecule has 31 heavy (non-hydrogen) atoms. The Kier molecular flexibility index (Phi) is 6.02. The van der Waals surface area contributed by atoms with E-state index in [9.17, 15) is 4.79 Å². The molecule has 0 aliphatic rings. The van der Waals surface area contributed by atoms with Crippen LogP contribution in [0.4, 0.5) is 5.69 Å². The Bertz CT molecular complexity index is 1250. The normalized spacial score (nSPS) is 11.0. The lowest BCUT2D eigenvalue weighted by Crippen LogP contribution is -2.34. The Morgan fingerprint density at radius 1 is 1.03 bits per heavy atom. The molecule has 0 spiro atoms. The minimum Gasteiger partial charge on any atom is -0.436 e. The maximum Gasteiger partial charge on any atom is 0.257 e. The fourth-order valence-corrected chi connectivity index (χ4v) is 3.41. The third-order valence-corrected chi connectivity index (χ3v) is 5.26. The maximum atomic E-state index is 12.3. The first kappa shape index (κ1) is 21.0.